The maximum atomic E-state index is 11.5. The number of nitrogens with one attached hydrogen (secondary N) is 1. The van der Waals surface area contributed by atoms with E-state index in [1.165, 1.54) is 22.5 Å². The van der Waals surface area contributed by atoms with Gasteiger partial charge in [0.05, 0.1) is 6.61 Å². The van der Waals surface area contributed by atoms with Crippen LogP contribution in [0.4, 0.5) is 5.69 Å². The Labute approximate surface area is 223 Å². The topological polar surface area (TPSA) is 73.9 Å². The van der Waals surface area contributed by atoms with E-state index in [9.17, 15) is 4.79 Å². The lowest BCUT2D eigenvalue weighted by atomic mass is 10.1. The molecule has 8 nitrogen and oxygen atoms in total. The van der Waals surface area contributed by atoms with E-state index in [2.05, 4.69) is 75.2 Å². The standard InChI is InChI=1S/C30H37N5O3/c1-33(2)19-21-37-25-11-8-23-6-5-7-27(26(23)22-25)35-17-15-34(16-18-35)14-3-4-20-38-29-13-10-24-9-12-28(36)31-30(24)32-29/h5-13,22H,3-4,14-21H2,1-2H3,(H,31,32,36). The number of fused-ring (bicyclic) bond motifs is 2. The highest BCUT2D eigenvalue weighted by Crippen LogP contribution is 2.31. The minimum absolute atomic E-state index is 0.155. The Bertz CT molecular complexity index is 1410. The number of unbranched alkanes of at least 4 members (excludes halogenated alkanes) is 1. The van der Waals surface area contributed by atoms with Gasteiger partial charge in [-0.05, 0) is 69.2 Å². The highest BCUT2D eigenvalue weighted by atomic mass is 16.5. The number of hydrogen-bond acceptors (Lipinski definition) is 7. The van der Waals surface area contributed by atoms with Crippen LogP contribution in [0.1, 0.15) is 12.8 Å². The predicted molar refractivity (Wildman–Crippen MR) is 154 cm³/mol. The molecule has 0 atom stereocenters. The van der Waals surface area contributed by atoms with E-state index in [4.69, 9.17) is 9.47 Å². The molecule has 0 aliphatic carbocycles. The first-order chi connectivity index (χ1) is 18.5. The summed E-state index contributed by atoms with van der Waals surface area (Å²) in [6.45, 7) is 7.40. The summed E-state index contributed by atoms with van der Waals surface area (Å²) in [6.07, 6.45) is 2.04. The Morgan fingerprint density at radius 2 is 1.71 bits per heavy atom. The Morgan fingerprint density at radius 1 is 0.895 bits per heavy atom. The van der Waals surface area contributed by atoms with Gasteiger partial charge >= 0.3 is 0 Å². The molecule has 0 bridgehead atoms. The number of aromatic amines is 1. The number of rotatable bonds is 11. The Morgan fingerprint density at radius 3 is 2.55 bits per heavy atom. The number of H-pyrrole nitrogens is 1. The van der Waals surface area contributed by atoms with Gasteiger partial charge in [-0.1, -0.05) is 18.2 Å². The van der Waals surface area contributed by atoms with Crippen LogP contribution in [0, 0.1) is 0 Å². The summed E-state index contributed by atoms with van der Waals surface area (Å²) in [5.41, 5.74) is 1.70. The summed E-state index contributed by atoms with van der Waals surface area (Å²) in [5, 5.41) is 3.40. The third-order valence-corrected chi connectivity index (χ3v) is 7.03. The molecule has 3 heterocycles. The van der Waals surface area contributed by atoms with E-state index in [-0.39, 0.29) is 5.56 Å². The van der Waals surface area contributed by atoms with Gasteiger partial charge in [-0.3, -0.25) is 9.69 Å². The molecular weight excluding hydrogens is 478 g/mol. The summed E-state index contributed by atoms with van der Waals surface area (Å²) in [6, 6.07) is 20.0. The Kier molecular flexibility index (Phi) is 8.41. The summed E-state index contributed by atoms with van der Waals surface area (Å²) in [7, 11) is 4.12. The average Bonchev–Trinajstić information content (AvgIpc) is 2.92. The van der Waals surface area contributed by atoms with Gasteiger partial charge in [0.2, 0.25) is 11.4 Å². The Balaban J connectivity index is 1.08. The van der Waals surface area contributed by atoms with Gasteiger partial charge in [0.25, 0.3) is 0 Å². The molecule has 0 radical (unpaired) electrons. The van der Waals surface area contributed by atoms with Gasteiger partial charge in [0.15, 0.2) is 0 Å². The molecule has 1 N–H and O–H groups in total. The zero-order valence-corrected chi connectivity index (χ0v) is 22.4. The molecule has 8 heteroatoms. The van der Waals surface area contributed by atoms with Crippen molar-refractivity contribution in [3.8, 4) is 11.6 Å². The molecule has 1 aliphatic rings. The second kappa shape index (κ2) is 12.3. The first kappa shape index (κ1) is 26.0. The molecule has 0 saturated carbocycles. The minimum atomic E-state index is -0.155. The fraction of sp³-hybridized carbons (Fsp3) is 0.400. The third-order valence-electron chi connectivity index (χ3n) is 7.03. The summed E-state index contributed by atoms with van der Waals surface area (Å²) in [4.78, 5) is 25.8. The maximum Gasteiger partial charge on any atom is 0.249 e. The van der Waals surface area contributed by atoms with Gasteiger partial charge in [0, 0.05) is 61.3 Å². The molecule has 200 valence electrons. The SMILES string of the molecule is CN(C)CCOc1ccc2cccc(N3CCN(CCCCOc4ccc5ccc(=O)[nH]c5n4)CC3)c2c1. The molecule has 0 amide bonds. The van der Waals surface area contributed by atoms with Crippen molar-refractivity contribution >= 4 is 27.5 Å². The smallest absolute Gasteiger partial charge is 0.249 e. The van der Waals surface area contributed by atoms with Crippen molar-refractivity contribution < 1.29 is 9.47 Å². The normalized spacial score (nSPS) is 14.4. The largest absolute Gasteiger partial charge is 0.492 e. The van der Waals surface area contributed by atoms with Crippen LogP contribution < -0.4 is 19.9 Å². The van der Waals surface area contributed by atoms with E-state index in [0.29, 0.717) is 24.7 Å². The van der Waals surface area contributed by atoms with Crippen LogP contribution in [0.5, 0.6) is 11.6 Å². The molecule has 4 aromatic rings. The highest BCUT2D eigenvalue weighted by Gasteiger charge is 2.18. The van der Waals surface area contributed by atoms with Crippen LogP contribution in [0.15, 0.2) is 65.5 Å². The number of likely N-dealkylation sites (N-methyl/N-ethyl adjacent to an activating group) is 1. The molecule has 0 unspecified atom stereocenters. The second-order valence-corrected chi connectivity index (χ2v) is 10.1. The molecule has 0 spiro atoms. The predicted octanol–water partition coefficient (Wildman–Crippen LogP) is 4.00. The maximum absolute atomic E-state index is 11.5. The summed E-state index contributed by atoms with van der Waals surface area (Å²) < 4.78 is 11.8. The fourth-order valence-electron chi connectivity index (χ4n) is 4.86. The van der Waals surface area contributed by atoms with Gasteiger partial charge in [-0.25, -0.2) is 0 Å². The van der Waals surface area contributed by atoms with Crippen molar-refractivity contribution in [1.29, 1.82) is 0 Å². The molecule has 1 aliphatic heterocycles. The van der Waals surface area contributed by atoms with E-state index >= 15 is 0 Å². The quantitative estimate of drug-likeness (QED) is 0.303. The van der Waals surface area contributed by atoms with Gasteiger partial charge < -0.3 is 24.3 Å². The van der Waals surface area contributed by atoms with Crippen molar-refractivity contribution in [3.05, 3.63) is 71.0 Å². The van der Waals surface area contributed by atoms with Gasteiger partial charge in [0.1, 0.15) is 18.0 Å². The van der Waals surface area contributed by atoms with Crippen molar-refractivity contribution in [1.82, 2.24) is 19.8 Å². The lowest BCUT2D eigenvalue weighted by Gasteiger charge is -2.36. The lowest BCUT2D eigenvalue weighted by Crippen LogP contribution is -2.46. The number of benzene rings is 2. The second-order valence-electron chi connectivity index (χ2n) is 10.1. The molecule has 1 fully saturated rings. The number of ether oxygens (including phenoxy) is 2. The third kappa shape index (κ3) is 6.62. The van der Waals surface area contributed by atoms with E-state index in [0.717, 1.165) is 63.2 Å². The highest BCUT2D eigenvalue weighted by molar-refractivity contribution is 5.95. The molecule has 5 rings (SSSR count). The van der Waals surface area contributed by atoms with E-state index in [1.807, 2.05) is 12.1 Å². The fourth-order valence-corrected chi connectivity index (χ4v) is 4.86. The molecule has 2 aromatic carbocycles. The number of piperazine rings is 1. The van der Waals surface area contributed by atoms with Gasteiger partial charge in [-0.2, -0.15) is 4.98 Å². The van der Waals surface area contributed by atoms with Crippen LogP contribution in [-0.2, 0) is 0 Å². The minimum Gasteiger partial charge on any atom is -0.492 e. The molecule has 38 heavy (non-hydrogen) atoms. The Hall–Kier alpha value is -3.62. The van der Waals surface area contributed by atoms with Crippen molar-refractivity contribution in [2.45, 2.75) is 12.8 Å². The van der Waals surface area contributed by atoms with Gasteiger partial charge in [-0.15, -0.1) is 0 Å². The van der Waals surface area contributed by atoms with Crippen LogP contribution in [-0.4, -0.2) is 86.3 Å². The molecule has 2 aromatic heterocycles. The number of aromatic nitrogens is 2. The number of nitrogens with zero attached hydrogens (tertiary/aromatic N) is 4. The number of pyridine rings is 2. The summed E-state index contributed by atoms with van der Waals surface area (Å²) in [5.74, 6) is 1.48. The summed E-state index contributed by atoms with van der Waals surface area (Å²) >= 11 is 0. The average molecular weight is 516 g/mol. The van der Waals surface area contributed by atoms with Crippen molar-refractivity contribution in [2.75, 3.05) is 71.5 Å². The zero-order chi connectivity index (χ0) is 26.3. The van der Waals surface area contributed by atoms with E-state index in [1.54, 1.807) is 6.07 Å². The number of anilines is 1. The van der Waals surface area contributed by atoms with E-state index < -0.39 is 0 Å². The monoisotopic (exact) mass is 515 g/mol. The number of hydrogen-bond donors (Lipinski definition) is 1. The zero-order valence-electron chi connectivity index (χ0n) is 22.4. The first-order valence-electron chi connectivity index (χ1n) is 13.5. The van der Waals surface area contributed by atoms with Crippen LogP contribution >= 0.6 is 0 Å². The first-order valence-corrected chi connectivity index (χ1v) is 13.5. The lowest BCUT2D eigenvalue weighted by molar-refractivity contribution is 0.237. The van der Waals surface area contributed by atoms with Crippen LogP contribution in [0.2, 0.25) is 0 Å². The molecule has 1 saturated heterocycles. The van der Waals surface area contributed by atoms with Crippen LogP contribution in [0.3, 0.4) is 0 Å². The van der Waals surface area contributed by atoms with Crippen molar-refractivity contribution in [3.63, 3.8) is 0 Å². The van der Waals surface area contributed by atoms with Crippen LogP contribution in [0.25, 0.3) is 21.8 Å². The molecular formula is C30H37N5O3. The van der Waals surface area contributed by atoms with Crippen molar-refractivity contribution in [2.24, 2.45) is 0 Å².